The standard InChI is InChI=1S/C23H25ClN4O4S2/c1-14(2)23(10-5-11-25-23)13-34(31,32)15-8-9-18-19(12-15)33-22(26-18)28-21(30)27-20(29)16-6-3-4-7-17(16)24/h3-4,6-9,12,14,25H,5,10-11,13H2,1-2H3,(H2,26,27,28,29,30)/t23-/m0/s1. The predicted molar refractivity (Wildman–Crippen MR) is 134 cm³/mol. The zero-order valence-corrected chi connectivity index (χ0v) is 21.1. The summed E-state index contributed by atoms with van der Waals surface area (Å²) in [7, 11) is -3.54. The Bertz CT molecular complexity index is 1350. The summed E-state index contributed by atoms with van der Waals surface area (Å²) >= 11 is 7.12. The van der Waals surface area contributed by atoms with Crippen LogP contribution in [0.3, 0.4) is 0 Å². The Kier molecular flexibility index (Phi) is 6.95. The first-order valence-corrected chi connectivity index (χ1v) is 13.7. The molecule has 1 aromatic heterocycles. The van der Waals surface area contributed by atoms with Crippen molar-refractivity contribution in [3.8, 4) is 0 Å². The number of benzene rings is 2. The largest absolute Gasteiger partial charge is 0.327 e. The highest BCUT2D eigenvalue weighted by Gasteiger charge is 2.41. The number of halogens is 1. The number of imide groups is 1. The van der Waals surface area contributed by atoms with Crippen molar-refractivity contribution >= 4 is 60.1 Å². The van der Waals surface area contributed by atoms with Crippen molar-refractivity contribution in [1.29, 1.82) is 0 Å². The summed E-state index contributed by atoms with van der Waals surface area (Å²) in [6.07, 6.45) is 1.78. The molecular formula is C23H25ClN4O4S2. The molecule has 1 saturated heterocycles. The van der Waals surface area contributed by atoms with Gasteiger partial charge in [-0.05, 0) is 55.6 Å². The van der Waals surface area contributed by atoms with Crippen LogP contribution in [0, 0.1) is 5.92 Å². The van der Waals surface area contributed by atoms with Crippen LogP contribution in [0.1, 0.15) is 37.0 Å². The highest BCUT2D eigenvalue weighted by molar-refractivity contribution is 7.91. The van der Waals surface area contributed by atoms with Crippen LogP contribution in [0.15, 0.2) is 47.4 Å². The van der Waals surface area contributed by atoms with Crippen molar-refractivity contribution < 1.29 is 18.0 Å². The van der Waals surface area contributed by atoms with Gasteiger partial charge in [-0.25, -0.2) is 18.2 Å². The molecule has 2 heterocycles. The summed E-state index contributed by atoms with van der Waals surface area (Å²) in [5, 5.41) is 8.62. The van der Waals surface area contributed by atoms with Crippen LogP contribution in [0.25, 0.3) is 10.2 Å². The van der Waals surface area contributed by atoms with E-state index in [2.05, 4.69) is 20.9 Å². The molecule has 3 aromatic rings. The van der Waals surface area contributed by atoms with E-state index < -0.39 is 27.3 Å². The van der Waals surface area contributed by atoms with E-state index in [1.54, 1.807) is 36.4 Å². The van der Waals surface area contributed by atoms with Gasteiger partial charge in [0.05, 0.1) is 31.5 Å². The molecule has 0 bridgehead atoms. The number of carbonyl (C=O) groups excluding carboxylic acids is 2. The van der Waals surface area contributed by atoms with E-state index in [-0.39, 0.29) is 32.3 Å². The fourth-order valence-corrected chi connectivity index (χ4v) is 7.32. The highest BCUT2D eigenvalue weighted by Crippen LogP contribution is 2.33. The summed E-state index contributed by atoms with van der Waals surface area (Å²) < 4.78 is 27.1. The Balaban J connectivity index is 1.49. The smallest absolute Gasteiger partial charge is 0.310 e. The van der Waals surface area contributed by atoms with Crippen molar-refractivity contribution in [1.82, 2.24) is 15.6 Å². The maximum absolute atomic E-state index is 13.2. The molecule has 4 rings (SSSR count). The monoisotopic (exact) mass is 520 g/mol. The van der Waals surface area contributed by atoms with Gasteiger partial charge in [0.25, 0.3) is 5.91 Å². The molecule has 1 atom stereocenters. The zero-order chi connectivity index (χ0) is 24.5. The Morgan fingerprint density at radius 2 is 2.00 bits per heavy atom. The Morgan fingerprint density at radius 1 is 1.24 bits per heavy atom. The van der Waals surface area contributed by atoms with E-state index in [1.165, 1.54) is 6.07 Å². The number of hydrogen-bond donors (Lipinski definition) is 3. The fourth-order valence-electron chi connectivity index (χ4n) is 4.13. The topological polar surface area (TPSA) is 117 Å². The summed E-state index contributed by atoms with van der Waals surface area (Å²) in [5.41, 5.74) is 0.296. The molecule has 0 spiro atoms. The second kappa shape index (κ2) is 9.61. The number of rotatable bonds is 6. The number of aromatic nitrogens is 1. The van der Waals surface area contributed by atoms with E-state index in [9.17, 15) is 18.0 Å². The third-order valence-electron chi connectivity index (χ3n) is 6.11. The normalized spacial score (nSPS) is 18.4. The number of sulfone groups is 1. The number of fused-ring (bicyclic) bond motifs is 1. The first kappa shape index (κ1) is 24.6. The molecule has 2 aromatic carbocycles. The van der Waals surface area contributed by atoms with Gasteiger partial charge in [0.1, 0.15) is 0 Å². The van der Waals surface area contributed by atoms with Crippen LogP contribution in [0.4, 0.5) is 9.93 Å². The summed E-state index contributed by atoms with van der Waals surface area (Å²) in [6, 6.07) is 10.4. The first-order valence-electron chi connectivity index (χ1n) is 10.8. The van der Waals surface area contributed by atoms with Crippen LogP contribution in [-0.2, 0) is 9.84 Å². The molecule has 0 saturated carbocycles. The number of hydrogen-bond acceptors (Lipinski definition) is 7. The number of thiazole rings is 1. The summed E-state index contributed by atoms with van der Waals surface area (Å²) in [4.78, 5) is 29.1. The highest BCUT2D eigenvalue weighted by atomic mass is 35.5. The van der Waals surface area contributed by atoms with Crippen molar-refractivity contribution in [3.05, 3.63) is 53.1 Å². The van der Waals surface area contributed by atoms with Crippen molar-refractivity contribution in [2.75, 3.05) is 17.6 Å². The van der Waals surface area contributed by atoms with Gasteiger partial charge in [-0.15, -0.1) is 0 Å². The zero-order valence-electron chi connectivity index (χ0n) is 18.7. The average Bonchev–Trinajstić information content (AvgIpc) is 3.40. The average molecular weight is 521 g/mol. The fraction of sp³-hybridized carbons (Fsp3) is 0.348. The molecule has 34 heavy (non-hydrogen) atoms. The minimum atomic E-state index is -3.54. The molecular weight excluding hydrogens is 496 g/mol. The molecule has 1 aliphatic rings. The molecule has 3 N–H and O–H groups in total. The lowest BCUT2D eigenvalue weighted by molar-refractivity contribution is 0.0967. The van der Waals surface area contributed by atoms with Crippen LogP contribution >= 0.6 is 22.9 Å². The lowest BCUT2D eigenvalue weighted by Gasteiger charge is -2.33. The molecule has 8 nitrogen and oxygen atoms in total. The molecule has 1 aliphatic heterocycles. The second-order valence-electron chi connectivity index (χ2n) is 8.64. The van der Waals surface area contributed by atoms with Gasteiger partial charge in [0, 0.05) is 5.54 Å². The quantitative estimate of drug-likeness (QED) is 0.441. The van der Waals surface area contributed by atoms with E-state index in [0.29, 0.717) is 10.2 Å². The maximum atomic E-state index is 13.2. The minimum absolute atomic E-state index is 0.0274. The number of nitrogens with zero attached hydrogens (tertiary/aromatic N) is 1. The van der Waals surface area contributed by atoms with E-state index in [4.69, 9.17) is 11.6 Å². The number of anilines is 1. The lowest BCUT2D eigenvalue weighted by atomic mass is 9.87. The molecule has 11 heteroatoms. The Labute approximate surface area is 207 Å². The lowest BCUT2D eigenvalue weighted by Crippen LogP contribution is -2.50. The van der Waals surface area contributed by atoms with Crippen LogP contribution in [-0.4, -0.2) is 43.2 Å². The van der Waals surface area contributed by atoms with Crippen molar-refractivity contribution in [2.24, 2.45) is 5.92 Å². The molecule has 0 aliphatic carbocycles. The SMILES string of the molecule is CC(C)[C@@]1(CS(=O)(=O)c2ccc3nc(NC(=O)NC(=O)c4ccccc4Cl)sc3c2)CCCN1. The third kappa shape index (κ3) is 5.10. The van der Waals surface area contributed by atoms with Gasteiger partial charge in [-0.2, -0.15) is 0 Å². The van der Waals surface area contributed by atoms with Crippen LogP contribution < -0.4 is 16.0 Å². The van der Waals surface area contributed by atoms with Gasteiger partial charge in [0.2, 0.25) is 0 Å². The third-order valence-corrected chi connectivity index (χ3v) is 9.25. The van der Waals surface area contributed by atoms with E-state index in [0.717, 1.165) is 30.7 Å². The predicted octanol–water partition coefficient (Wildman–Crippen LogP) is 4.46. The summed E-state index contributed by atoms with van der Waals surface area (Å²) in [6.45, 7) is 4.90. The van der Waals surface area contributed by atoms with Gasteiger partial charge >= 0.3 is 6.03 Å². The van der Waals surface area contributed by atoms with Crippen LogP contribution in [0.5, 0.6) is 0 Å². The molecule has 180 valence electrons. The maximum Gasteiger partial charge on any atom is 0.327 e. The van der Waals surface area contributed by atoms with Crippen molar-refractivity contribution in [2.45, 2.75) is 37.1 Å². The molecule has 1 fully saturated rings. The summed E-state index contributed by atoms with van der Waals surface area (Å²) in [5.74, 6) is -0.434. The number of amides is 3. The number of carbonyl (C=O) groups is 2. The Morgan fingerprint density at radius 3 is 2.68 bits per heavy atom. The first-order chi connectivity index (χ1) is 16.1. The molecule has 0 unspecified atom stereocenters. The van der Waals surface area contributed by atoms with Crippen molar-refractivity contribution in [3.63, 3.8) is 0 Å². The second-order valence-corrected chi connectivity index (χ2v) is 12.1. The number of urea groups is 1. The van der Waals surface area contributed by atoms with Gasteiger partial charge in [-0.1, -0.05) is 48.9 Å². The van der Waals surface area contributed by atoms with Gasteiger partial charge < -0.3 is 5.32 Å². The molecule has 0 radical (unpaired) electrons. The van der Waals surface area contributed by atoms with E-state index >= 15 is 0 Å². The van der Waals surface area contributed by atoms with Gasteiger partial charge in [0.15, 0.2) is 15.0 Å². The molecule has 3 amide bonds. The van der Waals surface area contributed by atoms with E-state index in [1.807, 2.05) is 13.8 Å². The minimum Gasteiger partial charge on any atom is -0.310 e. The van der Waals surface area contributed by atoms with Gasteiger partial charge in [-0.3, -0.25) is 15.4 Å². The Hall–Kier alpha value is -2.53. The van der Waals surface area contributed by atoms with Crippen LogP contribution in [0.2, 0.25) is 5.02 Å². The number of nitrogens with one attached hydrogen (secondary N) is 3.